The Morgan fingerprint density at radius 1 is 1.55 bits per heavy atom. The largest absolute Gasteiger partial charge is 0.476 e. The average molecular weight is 295 g/mol. The molecule has 0 aromatic carbocycles. The van der Waals surface area contributed by atoms with Gasteiger partial charge < -0.3 is 9.84 Å². The van der Waals surface area contributed by atoms with E-state index in [0.717, 1.165) is 29.4 Å². The molecule has 3 unspecified atom stereocenters. The lowest BCUT2D eigenvalue weighted by molar-refractivity contribution is -0.0559. The van der Waals surface area contributed by atoms with E-state index >= 15 is 0 Å². The molecule has 0 saturated heterocycles. The van der Waals surface area contributed by atoms with Gasteiger partial charge in [-0.15, -0.1) is 11.3 Å². The highest BCUT2D eigenvalue weighted by molar-refractivity contribution is 7.11. The van der Waals surface area contributed by atoms with Gasteiger partial charge in [0.05, 0.1) is 18.4 Å². The van der Waals surface area contributed by atoms with Crippen molar-refractivity contribution >= 4 is 17.3 Å². The van der Waals surface area contributed by atoms with E-state index < -0.39 is 5.97 Å². The van der Waals surface area contributed by atoms with Gasteiger partial charge in [-0.2, -0.15) is 0 Å². The summed E-state index contributed by atoms with van der Waals surface area (Å²) in [5, 5.41) is 10.8. The van der Waals surface area contributed by atoms with Crippen LogP contribution in [0.4, 0.5) is 0 Å². The van der Waals surface area contributed by atoms with Gasteiger partial charge in [0.2, 0.25) is 5.01 Å². The van der Waals surface area contributed by atoms with E-state index in [4.69, 9.17) is 9.84 Å². The second-order valence-electron chi connectivity index (χ2n) is 6.86. The zero-order chi connectivity index (χ0) is 14.5. The number of nitrogens with zero attached hydrogens (tertiary/aromatic N) is 1. The molecule has 0 amide bonds. The fourth-order valence-electron chi connectivity index (χ4n) is 4.04. The van der Waals surface area contributed by atoms with Crippen molar-refractivity contribution in [2.45, 2.75) is 52.7 Å². The third-order valence-electron chi connectivity index (χ3n) is 5.88. The number of carbonyl (C=O) groups is 1. The maximum atomic E-state index is 10.8. The van der Waals surface area contributed by atoms with Crippen molar-refractivity contribution in [3.63, 3.8) is 0 Å². The smallest absolute Gasteiger partial charge is 0.365 e. The van der Waals surface area contributed by atoms with Crippen LogP contribution in [0.3, 0.4) is 0 Å². The SMILES string of the molecule is CC1(C)C2CCC1(C)C(OCc1csc(C(=O)O)n1)C2. The predicted octanol–water partition coefficient (Wildman–Crippen LogP) is 3.57. The number of thiazole rings is 1. The molecule has 110 valence electrons. The van der Waals surface area contributed by atoms with E-state index in [1.165, 1.54) is 12.8 Å². The molecule has 2 saturated carbocycles. The van der Waals surface area contributed by atoms with Gasteiger partial charge in [-0.3, -0.25) is 0 Å². The first-order valence-electron chi connectivity index (χ1n) is 7.14. The van der Waals surface area contributed by atoms with E-state index in [0.29, 0.717) is 12.0 Å². The second-order valence-corrected chi connectivity index (χ2v) is 7.72. The molecule has 3 rings (SSSR count). The van der Waals surface area contributed by atoms with Crippen molar-refractivity contribution in [1.82, 2.24) is 4.98 Å². The van der Waals surface area contributed by atoms with Crippen molar-refractivity contribution in [3.05, 3.63) is 16.1 Å². The number of aromatic carboxylic acids is 1. The molecule has 5 heteroatoms. The number of rotatable bonds is 4. The summed E-state index contributed by atoms with van der Waals surface area (Å²) < 4.78 is 6.11. The van der Waals surface area contributed by atoms with Gasteiger partial charge in [-0.25, -0.2) is 9.78 Å². The highest BCUT2D eigenvalue weighted by atomic mass is 32.1. The van der Waals surface area contributed by atoms with E-state index in [-0.39, 0.29) is 16.5 Å². The first-order chi connectivity index (χ1) is 9.34. The third kappa shape index (κ3) is 1.91. The zero-order valence-electron chi connectivity index (χ0n) is 12.2. The number of carboxylic acid groups (broad SMARTS) is 1. The van der Waals surface area contributed by atoms with E-state index in [2.05, 4.69) is 25.8 Å². The van der Waals surface area contributed by atoms with Gasteiger partial charge in [0.15, 0.2) is 0 Å². The van der Waals surface area contributed by atoms with E-state index in [1.54, 1.807) is 5.38 Å². The van der Waals surface area contributed by atoms with Gasteiger partial charge in [0, 0.05) is 5.38 Å². The van der Waals surface area contributed by atoms with Crippen molar-refractivity contribution in [2.24, 2.45) is 16.7 Å². The Balaban J connectivity index is 1.66. The summed E-state index contributed by atoms with van der Waals surface area (Å²) in [6.07, 6.45) is 3.93. The van der Waals surface area contributed by atoms with Crippen molar-refractivity contribution in [2.75, 3.05) is 0 Å². The molecule has 1 aromatic heterocycles. The summed E-state index contributed by atoms with van der Waals surface area (Å²) in [7, 11) is 0. The van der Waals surface area contributed by atoms with Crippen LogP contribution in [0.15, 0.2) is 5.38 Å². The third-order valence-corrected chi connectivity index (χ3v) is 6.76. The molecule has 2 bridgehead atoms. The molecular formula is C15H21NO3S. The quantitative estimate of drug-likeness (QED) is 0.922. The van der Waals surface area contributed by atoms with Gasteiger partial charge in [-0.05, 0) is 36.0 Å². The fraction of sp³-hybridized carbons (Fsp3) is 0.733. The Kier molecular flexibility index (Phi) is 3.18. The molecule has 1 aromatic rings. The fourth-order valence-corrected chi connectivity index (χ4v) is 4.68. The normalized spacial score (nSPS) is 34.5. The van der Waals surface area contributed by atoms with Crippen LogP contribution in [0.5, 0.6) is 0 Å². The van der Waals surface area contributed by atoms with E-state index in [1.807, 2.05) is 0 Å². The van der Waals surface area contributed by atoms with Crippen LogP contribution in [0.25, 0.3) is 0 Å². The summed E-state index contributed by atoms with van der Waals surface area (Å²) in [5.74, 6) is -0.211. The van der Waals surface area contributed by atoms with Crippen LogP contribution < -0.4 is 0 Å². The maximum absolute atomic E-state index is 10.8. The lowest BCUT2D eigenvalue weighted by atomic mass is 9.70. The molecule has 0 radical (unpaired) electrons. The minimum atomic E-state index is -0.964. The zero-order valence-corrected chi connectivity index (χ0v) is 13.0. The van der Waals surface area contributed by atoms with Crippen LogP contribution in [-0.2, 0) is 11.3 Å². The molecule has 2 aliphatic rings. The van der Waals surface area contributed by atoms with Crippen LogP contribution in [0, 0.1) is 16.7 Å². The molecule has 0 spiro atoms. The predicted molar refractivity (Wildman–Crippen MR) is 76.9 cm³/mol. The molecule has 4 nitrogen and oxygen atoms in total. The number of hydrogen-bond donors (Lipinski definition) is 1. The van der Waals surface area contributed by atoms with Crippen molar-refractivity contribution in [1.29, 1.82) is 0 Å². The Hall–Kier alpha value is -0.940. The van der Waals surface area contributed by atoms with Crippen LogP contribution in [-0.4, -0.2) is 22.2 Å². The lowest BCUT2D eigenvalue weighted by Crippen LogP contribution is -2.37. The number of ether oxygens (including phenoxy) is 1. The van der Waals surface area contributed by atoms with Crippen LogP contribution in [0.2, 0.25) is 0 Å². The summed E-state index contributed by atoms with van der Waals surface area (Å²) >= 11 is 1.16. The number of fused-ring (bicyclic) bond motifs is 2. The Morgan fingerprint density at radius 2 is 2.30 bits per heavy atom. The Labute approximate surface area is 123 Å². The first kappa shape index (κ1) is 14.0. The molecule has 2 fully saturated rings. The minimum absolute atomic E-state index is 0.142. The summed E-state index contributed by atoms with van der Waals surface area (Å²) in [6.45, 7) is 7.49. The summed E-state index contributed by atoms with van der Waals surface area (Å²) in [6, 6.07) is 0. The minimum Gasteiger partial charge on any atom is -0.476 e. The number of aromatic nitrogens is 1. The first-order valence-corrected chi connectivity index (χ1v) is 8.02. The molecular weight excluding hydrogens is 274 g/mol. The monoisotopic (exact) mass is 295 g/mol. The van der Waals surface area contributed by atoms with Gasteiger partial charge in [0.1, 0.15) is 0 Å². The van der Waals surface area contributed by atoms with Gasteiger partial charge >= 0.3 is 5.97 Å². The van der Waals surface area contributed by atoms with Crippen molar-refractivity contribution < 1.29 is 14.6 Å². The molecule has 3 atom stereocenters. The highest BCUT2D eigenvalue weighted by Gasteiger charge is 2.61. The molecule has 1 N–H and O–H groups in total. The highest BCUT2D eigenvalue weighted by Crippen LogP contribution is 2.66. The topological polar surface area (TPSA) is 59.4 Å². The van der Waals surface area contributed by atoms with Crippen molar-refractivity contribution in [3.8, 4) is 0 Å². The summed E-state index contributed by atoms with van der Waals surface area (Å²) in [4.78, 5) is 14.9. The molecule has 20 heavy (non-hydrogen) atoms. The summed E-state index contributed by atoms with van der Waals surface area (Å²) in [5.41, 5.74) is 1.31. The van der Waals surface area contributed by atoms with Gasteiger partial charge in [-0.1, -0.05) is 20.8 Å². The standard InChI is InChI=1S/C15H21NO3S/c1-14(2)9-4-5-15(14,3)11(6-9)19-7-10-8-20-12(16-10)13(17)18/h8-9,11H,4-7H2,1-3H3,(H,17,18). The second kappa shape index (κ2) is 4.53. The van der Waals surface area contributed by atoms with E-state index in [9.17, 15) is 4.79 Å². The Bertz CT molecular complexity index is 539. The molecule has 2 aliphatic carbocycles. The number of carboxylic acids is 1. The maximum Gasteiger partial charge on any atom is 0.365 e. The molecule has 1 heterocycles. The average Bonchev–Trinajstić information content (AvgIpc) is 2.98. The van der Waals surface area contributed by atoms with Crippen LogP contribution >= 0.6 is 11.3 Å². The Morgan fingerprint density at radius 3 is 2.80 bits per heavy atom. The van der Waals surface area contributed by atoms with Gasteiger partial charge in [0.25, 0.3) is 0 Å². The number of hydrogen-bond acceptors (Lipinski definition) is 4. The lowest BCUT2D eigenvalue weighted by Gasteiger charge is -2.38. The molecule has 0 aliphatic heterocycles. The van der Waals surface area contributed by atoms with Crippen LogP contribution in [0.1, 0.15) is 55.5 Å².